The molecule has 0 saturated carbocycles. The molecule has 2 rings (SSSR count). The zero-order valence-corrected chi connectivity index (χ0v) is 11.2. The van der Waals surface area contributed by atoms with Gasteiger partial charge in [-0.3, -0.25) is 0 Å². The predicted molar refractivity (Wildman–Crippen MR) is 75.6 cm³/mol. The molecule has 17 heavy (non-hydrogen) atoms. The van der Waals surface area contributed by atoms with Crippen molar-refractivity contribution in [3.8, 4) is 0 Å². The minimum atomic E-state index is -0.0385. The molecule has 0 aliphatic carbocycles. The summed E-state index contributed by atoms with van der Waals surface area (Å²) in [5.41, 5.74) is 5.87. The fourth-order valence-electron chi connectivity index (χ4n) is 2.01. The quantitative estimate of drug-likeness (QED) is 0.855. The van der Waals surface area contributed by atoms with E-state index in [4.69, 9.17) is 5.73 Å². The van der Waals surface area contributed by atoms with E-state index in [1.807, 2.05) is 12.3 Å². The number of pyridine rings is 1. The van der Waals surface area contributed by atoms with Crippen LogP contribution in [0, 0.1) is 0 Å². The Hall–Kier alpha value is -1.13. The lowest BCUT2D eigenvalue weighted by atomic mass is 9.93. The Balaban J connectivity index is 2.37. The minimum Gasteiger partial charge on any atom is -0.363 e. The molecule has 2 aromatic heterocycles. The summed E-state index contributed by atoms with van der Waals surface area (Å²) in [7, 11) is 0. The van der Waals surface area contributed by atoms with Crippen LogP contribution >= 0.6 is 11.3 Å². The normalized spacial score (nSPS) is 11.9. The van der Waals surface area contributed by atoms with Crippen molar-refractivity contribution < 1.29 is 0 Å². The van der Waals surface area contributed by atoms with Gasteiger partial charge in [0, 0.05) is 22.8 Å². The van der Waals surface area contributed by atoms with Gasteiger partial charge in [-0.25, -0.2) is 4.98 Å². The van der Waals surface area contributed by atoms with Crippen molar-refractivity contribution in [2.45, 2.75) is 32.2 Å². The molecule has 0 fully saturated rings. The van der Waals surface area contributed by atoms with Gasteiger partial charge in [-0.15, -0.1) is 11.3 Å². The fourth-order valence-corrected chi connectivity index (χ4v) is 2.79. The summed E-state index contributed by atoms with van der Waals surface area (Å²) < 4.78 is 1.26. The van der Waals surface area contributed by atoms with Crippen LogP contribution in [0.25, 0.3) is 10.1 Å². The lowest BCUT2D eigenvalue weighted by Gasteiger charge is -2.32. The van der Waals surface area contributed by atoms with E-state index in [2.05, 4.69) is 35.6 Å². The van der Waals surface area contributed by atoms with Gasteiger partial charge < -0.3 is 11.1 Å². The summed E-state index contributed by atoms with van der Waals surface area (Å²) in [5, 5.41) is 6.83. The number of aromatic nitrogens is 1. The van der Waals surface area contributed by atoms with Crippen molar-refractivity contribution in [1.82, 2.24) is 4.98 Å². The summed E-state index contributed by atoms with van der Waals surface area (Å²) in [6.07, 6.45) is 3.86. The highest BCUT2D eigenvalue weighted by molar-refractivity contribution is 7.17. The summed E-state index contributed by atoms with van der Waals surface area (Å²) >= 11 is 1.74. The van der Waals surface area contributed by atoms with Gasteiger partial charge in [0.25, 0.3) is 0 Å². The van der Waals surface area contributed by atoms with E-state index in [-0.39, 0.29) is 5.54 Å². The molecule has 0 aliphatic heterocycles. The molecule has 0 unspecified atom stereocenters. The van der Waals surface area contributed by atoms with E-state index in [1.54, 1.807) is 11.3 Å². The van der Waals surface area contributed by atoms with Gasteiger partial charge in [-0.2, -0.15) is 0 Å². The average Bonchev–Trinajstić information content (AvgIpc) is 2.85. The van der Waals surface area contributed by atoms with E-state index in [0.29, 0.717) is 6.54 Å². The summed E-state index contributed by atoms with van der Waals surface area (Å²) in [5.74, 6) is 0.956. The molecule has 0 spiro atoms. The van der Waals surface area contributed by atoms with Crippen molar-refractivity contribution in [2.75, 3.05) is 11.9 Å². The molecular weight excluding hydrogens is 230 g/mol. The molecule has 3 nitrogen and oxygen atoms in total. The van der Waals surface area contributed by atoms with Gasteiger partial charge in [0.2, 0.25) is 0 Å². The van der Waals surface area contributed by atoms with Gasteiger partial charge >= 0.3 is 0 Å². The number of hydrogen-bond acceptors (Lipinski definition) is 4. The van der Waals surface area contributed by atoms with Crippen LogP contribution in [0.15, 0.2) is 23.7 Å². The predicted octanol–water partition coefficient (Wildman–Crippen LogP) is 3.23. The van der Waals surface area contributed by atoms with E-state index in [1.165, 1.54) is 10.1 Å². The van der Waals surface area contributed by atoms with Gasteiger partial charge in [0.05, 0.1) is 5.54 Å². The summed E-state index contributed by atoms with van der Waals surface area (Å²) in [6, 6.07) is 4.16. The first-order chi connectivity index (χ1) is 8.24. The lowest BCUT2D eigenvalue weighted by molar-refractivity contribution is 0.444. The zero-order valence-electron chi connectivity index (χ0n) is 10.4. The number of nitrogens with zero attached hydrogens (tertiary/aromatic N) is 1. The van der Waals surface area contributed by atoms with Crippen molar-refractivity contribution >= 4 is 27.2 Å². The molecule has 2 heterocycles. The minimum absolute atomic E-state index is 0.0385. The van der Waals surface area contributed by atoms with Crippen LogP contribution < -0.4 is 11.1 Å². The molecule has 0 atom stereocenters. The fraction of sp³-hybridized carbons (Fsp3) is 0.462. The van der Waals surface area contributed by atoms with Crippen LogP contribution in [0.3, 0.4) is 0 Å². The topological polar surface area (TPSA) is 50.9 Å². The summed E-state index contributed by atoms with van der Waals surface area (Å²) in [4.78, 5) is 4.45. The number of hydrogen-bond donors (Lipinski definition) is 2. The van der Waals surface area contributed by atoms with Gasteiger partial charge in [0.1, 0.15) is 5.82 Å². The van der Waals surface area contributed by atoms with Crippen LogP contribution in [0.5, 0.6) is 0 Å². The highest BCUT2D eigenvalue weighted by Gasteiger charge is 2.25. The molecule has 0 aromatic carbocycles. The van der Waals surface area contributed by atoms with Crippen molar-refractivity contribution in [3.05, 3.63) is 23.7 Å². The maximum atomic E-state index is 5.91. The number of nitrogens with two attached hydrogens (primary N) is 1. The average molecular weight is 249 g/mol. The van der Waals surface area contributed by atoms with E-state index < -0.39 is 0 Å². The third-order valence-electron chi connectivity index (χ3n) is 3.51. The lowest BCUT2D eigenvalue weighted by Crippen LogP contribution is -2.44. The maximum Gasteiger partial charge on any atom is 0.135 e. The number of rotatable bonds is 5. The third kappa shape index (κ3) is 2.28. The van der Waals surface area contributed by atoms with Crippen LogP contribution in [-0.4, -0.2) is 17.1 Å². The van der Waals surface area contributed by atoms with Crippen LogP contribution in [0.4, 0.5) is 5.82 Å². The van der Waals surface area contributed by atoms with Gasteiger partial charge in [0.15, 0.2) is 0 Å². The number of nitrogens with one attached hydrogen (secondary N) is 1. The molecule has 0 amide bonds. The van der Waals surface area contributed by atoms with E-state index in [9.17, 15) is 0 Å². The molecule has 0 bridgehead atoms. The highest BCUT2D eigenvalue weighted by Crippen LogP contribution is 2.29. The van der Waals surface area contributed by atoms with Crippen LogP contribution in [0.1, 0.15) is 26.7 Å². The molecule has 0 radical (unpaired) electrons. The first-order valence-corrected chi connectivity index (χ1v) is 6.93. The number of anilines is 1. The monoisotopic (exact) mass is 249 g/mol. The molecule has 0 aliphatic rings. The molecule has 92 valence electrons. The van der Waals surface area contributed by atoms with Crippen molar-refractivity contribution in [1.29, 1.82) is 0 Å². The molecule has 0 saturated heterocycles. The Bertz CT molecular complexity index is 480. The standard InChI is InChI=1S/C13H19N3S/c1-3-13(4-2,9-14)16-12-10-6-8-17-11(10)5-7-15-12/h5-8H,3-4,9,14H2,1-2H3,(H,15,16). The SMILES string of the molecule is CCC(CC)(CN)Nc1nccc2sccc12. The largest absolute Gasteiger partial charge is 0.363 e. The molecule has 4 heteroatoms. The second kappa shape index (κ2) is 5.02. The van der Waals surface area contributed by atoms with Crippen molar-refractivity contribution in [2.24, 2.45) is 5.73 Å². The molecular formula is C13H19N3S. The Kier molecular flexibility index (Phi) is 3.64. The zero-order chi connectivity index (χ0) is 12.3. The first kappa shape index (κ1) is 12.3. The maximum absolute atomic E-state index is 5.91. The molecule has 2 aromatic rings. The highest BCUT2D eigenvalue weighted by atomic mass is 32.1. The van der Waals surface area contributed by atoms with Crippen LogP contribution in [-0.2, 0) is 0 Å². The Morgan fingerprint density at radius 1 is 1.35 bits per heavy atom. The third-order valence-corrected chi connectivity index (χ3v) is 4.39. The van der Waals surface area contributed by atoms with E-state index >= 15 is 0 Å². The van der Waals surface area contributed by atoms with E-state index in [0.717, 1.165) is 18.7 Å². The first-order valence-electron chi connectivity index (χ1n) is 6.05. The summed E-state index contributed by atoms with van der Waals surface area (Å²) in [6.45, 7) is 4.95. The number of thiophene rings is 1. The smallest absolute Gasteiger partial charge is 0.135 e. The van der Waals surface area contributed by atoms with Gasteiger partial charge in [-0.1, -0.05) is 13.8 Å². The Morgan fingerprint density at radius 3 is 2.76 bits per heavy atom. The number of fused-ring (bicyclic) bond motifs is 1. The Morgan fingerprint density at radius 2 is 2.12 bits per heavy atom. The second-order valence-corrected chi connectivity index (χ2v) is 5.26. The van der Waals surface area contributed by atoms with Gasteiger partial charge in [-0.05, 0) is 30.4 Å². The van der Waals surface area contributed by atoms with Crippen LogP contribution in [0.2, 0.25) is 0 Å². The Labute approximate surface area is 106 Å². The van der Waals surface area contributed by atoms with Crippen molar-refractivity contribution in [3.63, 3.8) is 0 Å². The molecule has 3 N–H and O–H groups in total. The second-order valence-electron chi connectivity index (χ2n) is 4.31.